The Morgan fingerprint density at radius 3 is 1.83 bits per heavy atom. The number of hydrogen-bond donors (Lipinski definition) is 2. The summed E-state index contributed by atoms with van der Waals surface area (Å²) in [6, 6.07) is 0. The summed E-state index contributed by atoms with van der Waals surface area (Å²) in [5.74, 6) is -0.208. The summed E-state index contributed by atoms with van der Waals surface area (Å²) in [4.78, 5) is 9.00. The summed E-state index contributed by atoms with van der Waals surface area (Å²) in [6.07, 6.45) is 0. The van der Waals surface area contributed by atoms with Gasteiger partial charge >= 0.3 is 0 Å². The second-order valence-corrected chi connectivity index (χ2v) is 4.72. The molecule has 1 rings (SSSR count). The fraction of sp³-hybridized carbons (Fsp3) is 0.833. The van der Waals surface area contributed by atoms with E-state index in [1.54, 1.807) is 0 Å². The van der Waals surface area contributed by atoms with Gasteiger partial charge in [-0.3, -0.25) is 4.79 Å². The van der Waals surface area contributed by atoms with Crippen molar-refractivity contribution in [2.75, 3.05) is 24.6 Å². The van der Waals surface area contributed by atoms with Crippen LogP contribution in [0.3, 0.4) is 0 Å². The second-order valence-electron chi connectivity index (χ2n) is 2.42. The zero-order chi connectivity index (χ0) is 9.61. The quantitative estimate of drug-likeness (QED) is 0.523. The molecule has 0 aromatic carbocycles. The third kappa shape index (κ3) is 7.49. The molecule has 1 fully saturated rings. The molecule has 1 aliphatic heterocycles. The van der Waals surface area contributed by atoms with Crippen LogP contribution in [0, 0.1) is 0 Å². The van der Waals surface area contributed by atoms with E-state index < -0.39 is 15.8 Å². The average molecular weight is 195 g/mol. The van der Waals surface area contributed by atoms with Crippen LogP contribution >= 0.6 is 0 Å². The summed E-state index contributed by atoms with van der Waals surface area (Å²) in [6.45, 7) is 2.34. The van der Waals surface area contributed by atoms with E-state index in [4.69, 9.17) is 9.90 Å². The van der Waals surface area contributed by atoms with E-state index in [0.29, 0.717) is 24.6 Å². The lowest BCUT2D eigenvalue weighted by atomic mass is 10.6. The Balaban J connectivity index is 0.000000261. The van der Waals surface area contributed by atoms with Gasteiger partial charge in [0.25, 0.3) is 5.97 Å². The van der Waals surface area contributed by atoms with Gasteiger partial charge in [0.2, 0.25) is 0 Å². The molecule has 0 atom stereocenters. The van der Waals surface area contributed by atoms with Crippen LogP contribution in [0.15, 0.2) is 0 Å². The lowest BCUT2D eigenvalue weighted by Gasteiger charge is -2.10. The maximum absolute atomic E-state index is 10.6. The van der Waals surface area contributed by atoms with Gasteiger partial charge in [-0.1, -0.05) is 0 Å². The number of hydrogen-bond acceptors (Lipinski definition) is 4. The molecule has 72 valence electrons. The van der Waals surface area contributed by atoms with Crippen LogP contribution < -0.4 is 5.32 Å². The molecule has 12 heavy (non-hydrogen) atoms. The molecule has 5 nitrogen and oxygen atoms in total. The number of nitrogens with one attached hydrogen (secondary N) is 1. The van der Waals surface area contributed by atoms with E-state index >= 15 is 0 Å². The largest absolute Gasteiger partial charge is 0.481 e. The van der Waals surface area contributed by atoms with Crippen molar-refractivity contribution in [3.8, 4) is 0 Å². The topological polar surface area (TPSA) is 83.5 Å². The van der Waals surface area contributed by atoms with Gasteiger partial charge in [0.1, 0.15) is 0 Å². The highest BCUT2D eigenvalue weighted by molar-refractivity contribution is 7.91. The number of rotatable bonds is 0. The Morgan fingerprint density at radius 1 is 1.33 bits per heavy atom. The highest BCUT2D eigenvalue weighted by atomic mass is 32.2. The Hall–Kier alpha value is -0.620. The van der Waals surface area contributed by atoms with Gasteiger partial charge < -0.3 is 10.4 Å². The minimum absolute atomic E-state index is 0.312. The third-order valence-corrected chi connectivity index (χ3v) is 2.83. The molecule has 0 radical (unpaired) electrons. The average Bonchev–Trinajstić information content (AvgIpc) is 1.85. The lowest BCUT2D eigenvalue weighted by Crippen LogP contribution is -2.35. The molecule has 1 heterocycles. The van der Waals surface area contributed by atoms with Crippen molar-refractivity contribution in [1.29, 1.82) is 0 Å². The highest BCUT2D eigenvalue weighted by Crippen LogP contribution is 1.91. The fourth-order valence-corrected chi connectivity index (χ4v) is 1.80. The van der Waals surface area contributed by atoms with Gasteiger partial charge in [-0.25, -0.2) is 8.42 Å². The minimum Gasteiger partial charge on any atom is -0.481 e. The van der Waals surface area contributed by atoms with E-state index in [0.717, 1.165) is 6.92 Å². The lowest BCUT2D eigenvalue weighted by molar-refractivity contribution is -0.134. The van der Waals surface area contributed by atoms with Crippen LogP contribution in [-0.2, 0) is 14.6 Å². The van der Waals surface area contributed by atoms with Gasteiger partial charge in [0.15, 0.2) is 9.84 Å². The number of carboxylic acids is 1. The first-order valence-corrected chi connectivity index (χ1v) is 5.37. The molecule has 1 aliphatic rings. The number of carbonyl (C=O) groups is 1. The smallest absolute Gasteiger partial charge is 0.300 e. The Bertz CT molecular complexity index is 218. The van der Waals surface area contributed by atoms with Crippen molar-refractivity contribution in [1.82, 2.24) is 5.32 Å². The monoisotopic (exact) mass is 195 g/mol. The van der Waals surface area contributed by atoms with Gasteiger partial charge in [-0.2, -0.15) is 0 Å². The predicted molar refractivity (Wildman–Crippen MR) is 44.8 cm³/mol. The molecule has 0 aliphatic carbocycles. The second kappa shape index (κ2) is 5.10. The molecule has 2 N–H and O–H groups in total. The van der Waals surface area contributed by atoms with E-state index in [-0.39, 0.29) is 0 Å². The summed E-state index contributed by atoms with van der Waals surface area (Å²) in [5, 5.41) is 10.4. The SMILES string of the molecule is CC(=O)O.O=S1(=O)CCNCC1. The molecule has 0 amide bonds. The Labute approximate surface area is 71.7 Å². The predicted octanol–water partition coefficient (Wildman–Crippen LogP) is -0.905. The van der Waals surface area contributed by atoms with Crippen LogP contribution in [-0.4, -0.2) is 44.1 Å². The van der Waals surface area contributed by atoms with Crippen molar-refractivity contribution in [2.45, 2.75) is 6.92 Å². The van der Waals surface area contributed by atoms with Crippen molar-refractivity contribution >= 4 is 15.8 Å². The number of carboxylic acid groups (broad SMARTS) is 1. The molecule has 0 unspecified atom stereocenters. The third-order valence-electron chi connectivity index (χ3n) is 1.18. The minimum atomic E-state index is -2.65. The summed E-state index contributed by atoms with van der Waals surface area (Å²) in [5.41, 5.74) is 0. The molecular weight excluding hydrogens is 182 g/mol. The summed E-state index contributed by atoms with van der Waals surface area (Å²) < 4.78 is 21.2. The summed E-state index contributed by atoms with van der Waals surface area (Å²) in [7, 11) is -2.65. The fourth-order valence-electron chi connectivity index (χ4n) is 0.682. The van der Waals surface area contributed by atoms with E-state index in [1.807, 2.05) is 0 Å². The first-order valence-electron chi connectivity index (χ1n) is 3.55. The van der Waals surface area contributed by atoms with Crippen LogP contribution in [0.4, 0.5) is 0 Å². The number of sulfone groups is 1. The van der Waals surface area contributed by atoms with E-state index in [1.165, 1.54) is 0 Å². The van der Waals surface area contributed by atoms with Crippen molar-refractivity contribution in [3.63, 3.8) is 0 Å². The van der Waals surface area contributed by atoms with Crippen LogP contribution in [0.2, 0.25) is 0 Å². The highest BCUT2D eigenvalue weighted by Gasteiger charge is 2.13. The van der Waals surface area contributed by atoms with Gasteiger partial charge in [0, 0.05) is 20.0 Å². The molecule has 0 aromatic heterocycles. The Kier molecular flexibility index (Phi) is 4.84. The van der Waals surface area contributed by atoms with Gasteiger partial charge in [-0.15, -0.1) is 0 Å². The van der Waals surface area contributed by atoms with Gasteiger partial charge in [-0.05, 0) is 0 Å². The molecular formula is C6H13NO4S. The van der Waals surface area contributed by atoms with Crippen LogP contribution in [0.5, 0.6) is 0 Å². The van der Waals surface area contributed by atoms with Crippen LogP contribution in [0.1, 0.15) is 6.92 Å². The summed E-state index contributed by atoms with van der Waals surface area (Å²) >= 11 is 0. The van der Waals surface area contributed by atoms with Crippen LogP contribution in [0.25, 0.3) is 0 Å². The van der Waals surface area contributed by atoms with Crippen molar-refractivity contribution in [3.05, 3.63) is 0 Å². The zero-order valence-electron chi connectivity index (χ0n) is 6.91. The molecule has 0 saturated carbocycles. The molecule has 6 heteroatoms. The maximum Gasteiger partial charge on any atom is 0.300 e. The Morgan fingerprint density at radius 2 is 1.67 bits per heavy atom. The number of aliphatic carboxylic acids is 1. The zero-order valence-corrected chi connectivity index (χ0v) is 7.73. The molecule has 0 aromatic rings. The maximum atomic E-state index is 10.6. The standard InChI is InChI=1S/C4H9NO2S.C2H4O2/c6-8(7)3-1-5-2-4-8;1-2(3)4/h5H,1-4H2;1H3,(H,3,4). The normalized spacial score (nSPS) is 20.4. The van der Waals surface area contributed by atoms with Crippen molar-refractivity contribution in [2.24, 2.45) is 0 Å². The molecule has 0 bridgehead atoms. The van der Waals surface area contributed by atoms with Crippen molar-refractivity contribution < 1.29 is 18.3 Å². The first kappa shape index (κ1) is 11.4. The molecule has 1 saturated heterocycles. The van der Waals surface area contributed by atoms with E-state index in [2.05, 4.69) is 5.32 Å². The van der Waals surface area contributed by atoms with Gasteiger partial charge in [0.05, 0.1) is 11.5 Å². The molecule has 0 spiro atoms. The van der Waals surface area contributed by atoms with E-state index in [9.17, 15) is 8.42 Å². The first-order chi connectivity index (χ1) is 5.44.